The van der Waals surface area contributed by atoms with Crippen LogP contribution in [0.5, 0.6) is 0 Å². The van der Waals surface area contributed by atoms with Crippen molar-refractivity contribution in [1.29, 1.82) is 0 Å². The lowest BCUT2D eigenvalue weighted by atomic mass is 10.1. The lowest BCUT2D eigenvalue weighted by Gasteiger charge is -2.19. The highest BCUT2D eigenvalue weighted by Crippen LogP contribution is 2.25. The number of hydrogen-bond donors (Lipinski definition) is 1. The molecule has 1 N–H and O–H groups in total. The third-order valence-electron chi connectivity index (χ3n) is 2.61. The highest BCUT2D eigenvalue weighted by molar-refractivity contribution is 7.99. The molecule has 0 aliphatic rings. The van der Waals surface area contributed by atoms with Crippen molar-refractivity contribution in [3.63, 3.8) is 0 Å². The Labute approximate surface area is 115 Å². The van der Waals surface area contributed by atoms with E-state index < -0.39 is 17.6 Å². The van der Waals surface area contributed by atoms with Gasteiger partial charge in [-0.2, -0.15) is 8.78 Å². The molecule has 1 atom stereocenters. The van der Waals surface area contributed by atoms with E-state index in [4.69, 9.17) is 5.11 Å². The normalized spacial score (nSPS) is 12.9. The fraction of sp³-hybridized carbons (Fsp3) is 0.462. The third-order valence-corrected chi connectivity index (χ3v) is 3.33. The number of benzene rings is 1. The number of halogens is 2. The van der Waals surface area contributed by atoms with E-state index in [1.807, 2.05) is 11.9 Å². The van der Waals surface area contributed by atoms with Gasteiger partial charge >= 0.3 is 5.97 Å². The number of hydrogen-bond acceptors (Lipinski definition) is 3. The SMILES string of the molecule is CC(CN(C)Cc1ccc(SC(F)F)cc1)C(=O)O. The molecule has 0 amide bonds. The van der Waals surface area contributed by atoms with Gasteiger partial charge in [0.15, 0.2) is 0 Å². The van der Waals surface area contributed by atoms with E-state index in [1.165, 1.54) is 0 Å². The van der Waals surface area contributed by atoms with Crippen LogP contribution < -0.4 is 0 Å². The zero-order valence-electron chi connectivity index (χ0n) is 10.8. The molecule has 1 unspecified atom stereocenters. The molecule has 0 bridgehead atoms. The minimum absolute atomic E-state index is 0.432. The Hall–Kier alpha value is -1.14. The van der Waals surface area contributed by atoms with E-state index in [0.717, 1.165) is 5.56 Å². The van der Waals surface area contributed by atoms with Gasteiger partial charge in [0.2, 0.25) is 0 Å². The van der Waals surface area contributed by atoms with Crippen molar-refractivity contribution >= 4 is 17.7 Å². The molecule has 0 spiro atoms. The Kier molecular flexibility index (Phi) is 6.24. The highest BCUT2D eigenvalue weighted by atomic mass is 32.2. The Morgan fingerprint density at radius 3 is 2.42 bits per heavy atom. The topological polar surface area (TPSA) is 40.5 Å². The van der Waals surface area contributed by atoms with Crippen LogP contribution in [0.15, 0.2) is 29.2 Å². The summed E-state index contributed by atoms with van der Waals surface area (Å²) in [6.45, 7) is 2.70. The lowest BCUT2D eigenvalue weighted by molar-refractivity contribution is -0.141. The molecule has 106 valence electrons. The molecule has 3 nitrogen and oxygen atoms in total. The van der Waals surface area contributed by atoms with Crippen LogP contribution in [0.1, 0.15) is 12.5 Å². The van der Waals surface area contributed by atoms with Gasteiger partial charge in [0, 0.05) is 18.0 Å². The highest BCUT2D eigenvalue weighted by Gasteiger charge is 2.13. The third kappa shape index (κ3) is 6.02. The minimum atomic E-state index is -2.41. The minimum Gasteiger partial charge on any atom is -0.481 e. The summed E-state index contributed by atoms with van der Waals surface area (Å²) >= 11 is 0.516. The van der Waals surface area contributed by atoms with Gasteiger partial charge in [0.05, 0.1) is 5.92 Å². The van der Waals surface area contributed by atoms with Crippen LogP contribution in [0.4, 0.5) is 8.78 Å². The van der Waals surface area contributed by atoms with Crippen molar-refractivity contribution in [2.75, 3.05) is 13.6 Å². The van der Waals surface area contributed by atoms with Gasteiger partial charge in [-0.05, 0) is 24.7 Å². The van der Waals surface area contributed by atoms with E-state index in [-0.39, 0.29) is 0 Å². The summed E-state index contributed by atoms with van der Waals surface area (Å²) in [5.74, 6) is -3.67. The molecule has 0 aliphatic heterocycles. The first kappa shape index (κ1) is 15.9. The molecule has 0 saturated heterocycles. The molecule has 0 radical (unpaired) electrons. The number of carboxylic acid groups (broad SMARTS) is 1. The molecule has 0 heterocycles. The molecule has 1 aromatic rings. The van der Waals surface area contributed by atoms with Gasteiger partial charge < -0.3 is 10.0 Å². The molecule has 0 fully saturated rings. The molecule has 0 saturated carbocycles. The number of rotatable bonds is 7. The molecule has 6 heteroatoms. The first-order chi connectivity index (χ1) is 8.88. The molecule has 1 aromatic carbocycles. The van der Waals surface area contributed by atoms with E-state index in [1.54, 1.807) is 31.2 Å². The average Bonchev–Trinajstić information content (AvgIpc) is 2.30. The van der Waals surface area contributed by atoms with Crippen LogP contribution in [-0.4, -0.2) is 35.3 Å². The number of carbonyl (C=O) groups is 1. The smallest absolute Gasteiger partial charge is 0.307 e. The Morgan fingerprint density at radius 2 is 1.95 bits per heavy atom. The fourth-order valence-corrected chi connectivity index (χ4v) is 2.20. The van der Waals surface area contributed by atoms with Gasteiger partial charge in [-0.1, -0.05) is 30.8 Å². The van der Waals surface area contributed by atoms with Crippen molar-refractivity contribution in [1.82, 2.24) is 4.90 Å². The van der Waals surface area contributed by atoms with E-state index >= 15 is 0 Å². The summed E-state index contributed by atoms with van der Waals surface area (Å²) in [4.78, 5) is 13.2. The predicted octanol–water partition coefficient (Wildman–Crippen LogP) is 3.15. The second kappa shape index (κ2) is 7.45. The Balaban J connectivity index is 2.50. The van der Waals surface area contributed by atoms with Crippen molar-refractivity contribution in [2.24, 2.45) is 5.92 Å². The molecule has 19 heavy (non-hydrogen) atoms. The summed E-state index contributed by atoms with van der Waals surface area (Å²) in [7, 11) is 1.83. The second-order valence-electron chi connectivity index (χ2n) is 4.46. The zero-order chi connectivity index (χ0) is 14.4. The molecule has 1 rings (SSSR count). The summed E-state index contributed by atoms with van der Waals surface area (Å²) in [5, 5.41) is 8.82. The maximum Gasteiger partial charge on any atom is 0.307 e. The second-order valence-corrected chi connectivity index (χ2v) is 5.52. The van der Waals surface area contributed by atoms with Crippen LogP contribution >= 0.6 is 11.8 Å². The van der Waals surface area contributed by atoms with Gasteiger partial charge in [0.1, 0.15) is 0 Å². The van der Waals surface area contributed by atoms with Crippen molar-refractivity contribution in [2.45, 2.75) is 24.1 Å². The standard InChI is InChI=1S/C13H17F2NO2S/c1-9(12(17)18)7-16(2)8-10-3-5-11(6-4-10)19-13(14)15/h3-6,9,13H,7-8H2,1-2H3,(H,17,18). The van der Waals surface area contributed by atoms with Gasteiger partial charge in [0.25, 0.3) is 5.76 Å². The summed E-state index contributed by atoms with van der Waals surface area (Å²) in [6.07, 6.45) is 0. The zero-order valence-corrected chi connectivity index (χ0v) is 11.7. The van der Waals surface area contributed by atoms with Crippen LogP contribution in [0.3, 0.4) is 0 Å². The summed E-state index contributed by atoms with van der Waals surface area (Å²) < 4.78 is 24.3. The van der Waals surface area contributed by atoms with Crippen LogP contribution in [0, 0.1) is 5.92 Å². The van der Waals surface area contributed by atoms with Crippen molar-refractivity contribution in [3.8, 4) is 0 Å². The Bertz CT molecular complexity index is 412. The number of carboxylic acids is 1. The molecule has 0 aliphatic carbocycles. The quantitative estimate of drug-likeness (QED) is 0.783. The van der Waals surface area contributed by atoms with Crippen LogP contribution in [0.2, 0.25) is 0 Å². The largest absolute Gasteiger partial charge is 0.481 e. The number of aliphatic carboxylic acids is 1. The number of alkyl halides is 2. The van der Waals surface area contributed by atoms with Gasteiger partial charge in [-0.25, -0.2) is 0 Å². The fourth-order valence-electron chi connectivity index (χ4n) is 1.70. The first-order valence-electron chi connectivity index (χ1n) is 5.83. The average molecular weight is 289 g/mol. The monoisotopic (exact) mass is 289 g/mol. The molecular formula is C13H17F2NO2S. The predicted molar refractivity (Wildman–Crippen MR) is 71.4 cm³/mol. The summed E-state index contributed by atoms with van der Waals surface area (Å²) in [6, 6.07) is 6.88. The first-order valence-corrected chi connectivity index (χ1v) is 6.71. The van der Waals surface area contributed by atoms with E-state index in [2.05, 4.69) is 0 Å². The molecule has 0 aromatic heterocycles. The lowest BCUT2D eigenvalue weighted by Crippen LogP contribution is -2.28. The van der Waals surface area contributed by atoms with Gasteiger partial charge in [-0.3, -0.25) is 4.79 Å². The maximum atomic E-state index is 12.1. The summed E-state index contributed by atoms with van der Waals surface area (Å²) in [5.41, 5.74) is 0.971. The number of nitrogens with zero attached hydrogens (tertiary/aromatic N) is 1. The molecular weight excluding hydrogens is 272 g/mol. The van der Waals surface area contributed by atoms with Crippen molar-refractivity contribution in [3.05, 3.63) is 29.8 Å². The Morgan fingerprint density at radius 1 is 1.37 bits per heavy atom. The van der Waals surface area contributed by atoms with Crippen LogP contribution in [0.25, 0.3) is 0 Å². The van der Waals surface area contributed by atoms with Crippen molar-refractivity contribution < 1.29 is 18.7 Å². The van der Waals surface area contributed by atoms with E-state index in [0.29, 0.717) is 29.7 Å². The van der Waals surface area contributed by atoms with E-state index in [9.17, 15) is 13.6 Å². The van der Waals surface area contributed by atoms with Gasteiger partial charge in [-0.15, -0.1) is 0 Å². The number of thioether (sulfide) groups is 1. The maximum absolute atomic E-state index is 12.1. The van der Waals surface area contributed by atoms with Crippen LogP contribution in [-0.2, 0) is 11.3 Å².